The summed E-state index contributed by atoms with van der Waals surface area (Å²) in [5, 5.41) is 11.9. The molecule has 2 N–H and O–H groups in total. The van der Waals surface area contributed by atoms with Crippen molar-refractivity contribution in [2.75, 3.05) is 0 Å². The predicted octanol–water partition coefficient (Wildman–Crippen LogP) is 3.59. The number of benzene rings is 2. The molecule has 1 heterocycles. The summed E-state index contributed by atoms with van der Waals surface area (Å²) in [5.74, 6) is 0.701. The minimum Gasteiger partial charge on any atom is -0.493 e. The highest BCUT2D eigenvalue weighted by molar-refractivity contribution is 8.00. The van der Waals surface area contributed by atoms with Gasteiger partial charge in [0.25, 0.3) is 0 Å². The molecule has 3 aromatic rings. The molecule has 0 unspecified atom stereocenters. The summed E-state index contributed by atoms with van der Waals surface area (Å²) in [4.78, 5) is 13.2. The fraction of sp³-hybridized carbons (Fsp3) is 0.0714. The Morgan fingerprint density at radius 1 is 1.16 bits per heavy atom. The number of aromatic hydroxyl groups is 1. The van der Waals surface area contributed by atoms with Crippen molar-refractivity contribution in [2.45, 2.75) is 9.96 Å². The topological polar surface area (TPSA) is 53.1 Å². The lowest BCUT2D eigenvalue weighted by atomic mass is 10.1. The van der Waals surface area contributed by atoms with Crippen LogP contribution in [0.5, 0.6) is 5.88 Å². The summed E-state index contributed by atoms with van der Waals surface area (Å²) in [6.07, 6.45) is 0. The molecule has 0 amide bonds. The van der Waals surface area contributed by atoms with Crippen LogP contribution in [0.1, 0.15) is 5.56 Å². The molecule has 0 spiro atoms. The molecule has 0 aliphatic rings. The van der Waals surface area contributed by atoms with Crippen LogP contribution >= 0.6 is 23.1 Å². The first-order chi connectivity index (χ1) is 9.22. The lowest BCUT2D eigenvalue weighted by Crippen LogP contribution is -1.89. The summed E-state index contributed by atoms with van der Waals surface area (Å²) in [5.41, 5.74) is 1.17. The molecule has 3 rings (SSSR count). The molecule has 1 aromatic heterocycles. The molecule has 3 nitrogen and oxygen atoms in total. The first-order valence-electron chi connectivity index (χ1n) is 5.75. The van der Waals surface area contributed by atoms with Gasteiger partial charge in [-0.05, 0) is 16.3 Å². The van der Waals surface area contributed by atoms with E-state index in [2.05, 4.69) is 35.3 Å². The number of rotatable bonds is 3. The second-order valence-corrected chi connectivity index (χ2v) is 6.35. The molecule has 2 aromatic carbocycles. The van der Waals surface area contributed by atoms with Gasteiger partial charge in [-0.15, -0.1) is 11.8 Å². The number of aromatic nitrogens is 1. The predicted molar refractivity (Wildman–Crippen MR) is 80.1 cm³/mol. The third-order valence-corrected chi connectivity index (χ3v) is 4.99. The molecular formula is C14H11NO2S2. The van der Waals surface area contributed by atoms with Gasteiger partial charge in [0, 0.05) is 5.75 Å². The number of aromatic amines is 1. The van der Waals surface area contributed by atoms with E-state index in [0.717, 1.165) is 17.1 Å². The molecule has 0 atom stereocenters. The van der Waals surface area contributed by atoms with Gasteiger partial charge in [-0.3, -0.25) is 9.78 Å². The van der Waals surface area contributed by atoms with Gasteiger partial charge >= 0.3 is 4.87 Å². The summed E-state index contributed by atoms with van der Waals surface area (Å²) in [6, 6.07) is 14.5. The average molecular weight is 289 g/mol. The number of hydrogen-bond donors (Lipinski definition) is 2. The van der Waals surface area contributed by atoms with Crippen molar-refractivity contribution in [3.63, 3.8) is 0 Å². The second kappa shape index (κ2) is 5.11. The number of hydrogen-bond acceptors (Lipinski definition) is 4. The standard InChI is InChI=1S/C14H11NO2S2/c16-12-13(19-14(17)15-12)18-8-9-5-6-10-3-1-2-4-11(10)7-9/h1-7,16H,8H2,(H,15,17). The maximum Gasteiger partial charge on any atom is 0.308 e. The van der Waals surface area contributed by atoms with E-state index in [1.54, 1.807) is 0 Å². The van der Waals surface area contributed by atoms with E-state index >= 15 is 0 Å². The van der Waals surface area contributed by atoms with Crippen LogP contribution in [0, 0.1) is 0 Å². The molecular weight excluding hydrogens is 278 g/mol. The molecule has 0 fully saturated rings. The van der Waals surface area contributed by atoms with Gasteiger partial charge in [-0.25, -0.2) is 0 Å². The lowest BCUT2D eigenvalue weighted by Gasteiger charge is -2.02. The molecule has 0 saturated carbocycles. The normalized spacial score (nSPS) is 10.9. The Morgan fingerprint density at radius 2 is 1.95 bits per heavy atom. The van der Waals surface area contributed by atoms with Gasteiger partial charge in [0.15, 0.2) is 0 Å². The molecule has 0 aliphatic carbocycles. The van der Waals surface area contributed by atoms with Crippen LogP contribution < -0.4 is 4.87 Å². The Morgan fingerprint density at radius 3 is 2.68 bits per heavy atom. The number of nitrogens with one attached hydrogen (secondary N) is 1. The molecule has 5 heteroatoms. The Kier molecular flexibility index (Phi) is 3.31. The summed E-state index contributed by atoms with van der Waals surface area (Å²) in [7, 11) is 0. The van der Waals surface area contributed by atoms with Crippen molar-refractivity contribution in [1.29, 1.82) is 0 Å². The van der Waals surface area contributed by atoms with Crippen LogP contribution in [-0.2, 0) is 5.75 Å². The summed E-state index contributed by atoms with van der Waals surface area (Å²) >= 11 is 2.51. The van der Waals surface area contributed by atoms with Crippen LogP contribution in [0.4, 0.5) is 0 Å². The van der Waals surface area contributed by atoms with Crippen LogP contribution in [0.2, 0.25) is 0 Å². The molecule has 0 aliphatic heterocycles. The molecule has 96 valence electrons. The van der Waals surface area contributed by atoms with Crippen molar-refractivity contribution in [3.8, 4) is 5.88 Å². The fourth-order valence-corrected chi connectivity index (χ4v) is 3.65. The first kappa shape index (κ1) is 12.3. The monoisotopic (exact) mass is 289 g/mol. The van der Waals surface area contributed by atoms with Crippen LogP contribution in [-0.4, -0.2) is 10.1 Å². The van der Waals surface area contributed by atoms with Crippen LogP contribution in [0.3, 0.4) is 0 Å². The highest BCUT2D eigenvalue weighted by Crippen LogP contribution is 2.32. The molecule has 19 heavy (non-hydrogen) atoms. The Balaban J connectivity index is 1.82. The fourth-order valence-electron chi connectivity index (χ4n) is 1.88. The van der Waals surface area contributed by atoms with E-state index in [4.69, 9.17) is 0 Å². The Bertz CT molecular complexity index is 776. The van der Waals surface area contributed by atoms with Crippen molar-refractivity contribution in [3.05, 3.63) is 57.7 Å². The highest BCUT2D eigenvalue weighted by Gasteiger charge is 2.07. The number of fused-ring (bicyclic) bond motifs is 1. The van der Waals surface area contributed by atoms with E-state index in [9.17, 15) is 9.90 Å². The zero-order chi connectivity index (χ0) is 13.2. The van der Waals surface area contributed by atoms with E-state index in [-0.39, 0.29) is 10.8 Å². The van der Waals surface area contributed by atoms with Crippen LogP contribution in [0.15, 0.2) is 51.5 Å². The van der Waals surface area contributed by atoms with Gasteiger partial charge in [0.2, 0.25) is 5.88 Å². The molecule has 0 radical (unpaired) electrons. The zero-order valence-corrected chi connectivity index (χ0v) is 11.6. The maximum absolute atomic E-state index is 11.1. The second-order valence-electron chi connectivity index (χ2n) is 4.12. The number of H-pyrrole nitrogens is 1. The largest absolute Gasteiger partial charge is 0.493 e. The van der Waals surface area contributed by atoms with Crippen molar-refractivity contribution in [2.24, 2.45) is 0 Å². The Labute approximate surface area is 117 Å². The zero-order valence-electron chi connectivity index (χ0n) is 9.92. The minimum absolute atomic E-state index is 0.0270. The van der Waals surface area contributed by atoms with Gasteiger partial charge in [-0.2, -0.15) is 0 Å². The van der Waals surface area contributed by atoms with Gasteiger partial charge in [0.1, 0.15) is 4.21 Å². The average Bonchev–Trinajstić information content (AvgIpc) is 2.74. The smallest absolute Gasteiger partial charge is 0.308 e. The van der Waals surface area contributed by atoms with Crippen molar-refractivity contribution >= 4 is 33.9 Å². The van der Waals surface area contributed by atoms with Gasteiger partial charge in [0.05, 0.1) is 0 Å². The van der Waals surface area contributed by atoms with Gasteiger partial charge in [-0.1, -0.05) is 53.8 Å². The van der Waals surface area contributed by atoms with Gasteiger partial charge < -0.3 is 5.11 Å². The first-order valence-corrected chi connectivity index (χ1v) is 7.55. The van der Waals surface area contributed by atoms with E-state index in [1.807, 2.05) is 12.1 Å². The van der Waals surface area contributed by atoms with E-state index in [1.165, 1.54) is 28.1 Å². The quantitative estimate of drug-likeness (QED) is 0.725. The third-order valence-electron chi connectivity index (χ3n) is 2.78. The molecule has 0 saturated heterocycles. The maximum atomic E-state index is 11.1. The minimum atomic E-state index is -0.224. The van der Waals surface area contributed by atoms with E-state index in [0.29, 0.717) is 4.21 Å². The molecule has 0 bridgehead atoms. The number of thioether (sulfide) groups is 1. The van der Waals surface area contributed by atoms with Crippen molar-refractivity contribution in [1.82, 2.24) is 4.98 Å². The Hall–Kier alpha value is -1.72. The highest BCUT2D eigenvalue weighted by atomic mass is 32.2. The summed E-state index contributed by atoms with van der Waals surface area (Å²) < 4.78 is 0.637. The number of thiazole rings is 1. The lowest BCUT2D eigenvalue weighted by molar-refractivity contribution is 0.445. The van der Waals surface area contributed by atoms with Crippen molar-refractivity contribution < 1.29 is 5.11 Å². The SMILES string of the molecule is O=c1[nH]c(O)c(SCc2ccc3ccccc3c2)s1. The summed E-state index contributed by atoms with van der Waals surface area (Å²) in [6.45, 7) is 0. The van der Waals surface area contributed by atoms with Crippen LogP contribution in [0.25, 0.3) is 10.8 Å². The van der Waals surface area contributed by atoms with E-state index < -0.39 is 0 Å². The third kappa shape index (κ3) is 2.67.